The van der Waals surface area contributed by atoms with E-state index in [2.05, 4.69) is 13.6 Å². The van der Waals surface area contributed by atoms with E-state index in [0.717, 1.165) is 56.5 Å². The van der Waals surface area contributed by atoms with Crippen LogP contribution in [0.5, 0.6) is 0 Å². The summed E-state index contributed by atoms with van der Waals surface area (Å²) in [6.07, 6.45) is 3.59. The molecule has 0 aliphatic carbocycles. The van der Waals surface area contributed by atoms with Gasteiger partial charge in [0.1, 0.15) is 11.0 Å². The van der Waals surface area contributed by atoms with E-state index in [1.807, 2.05) is 23.1 Å². The molecule has 1 amide bonds. The lowest BCUT2D eigenvalue weighted by Gasteiger charge is -2.36. The highest BCUT2D eigenvalue weighted by molar-refractivity contribution is 7.00. The number of rotatable bonds is 3. The minimum absolute atomic E-state index is 0.111. The quantitative estimate of drug-likeness (QED) is 0.851. The average molecular weight is 346 g/mol. The molecule has 7 heteroatoms. The summed E-state index contributed by atoms with van der Waals surface area (Å²) < 4.78 is 13.9. The van der Waals surface area contributed by atoms with E-state index in [-0.39, 0.29) is 5.91 Å². The van der Waals surface area contributed by atoms with Crippen LogP contribution in [0.3, 0.4) is 0 Å². The molecule has 6 nitrogen and oxygen atoms in total. The number of methoxy groups -OCH3 is 1. The number of carbonyl (C=O) groups is 1. The Morgan fingerprint density at radius 2 is 1.96 bits per heavy atom. The molecule has 2 aliphatic rings. The number of fused-ring (bicyclic) bond motifs is 1. The highest BCUT2D eigenvalue weighted by atomic mass is 32.1. The fourth-order valence-electron chi connectivity index (χ4n) is 3.81. The maximum absolute atomic E-state index is 12.7. The van der Waals surface area contributed by atoms with Crippen LogP contribution in [0.25, 0.3) is 11.0 Å². The zero-order valence-electron chi connectivity index (χ0n) is 13.9. The summed E-state index contributed by atoms with van der Waals surface area (Å²) in [4.78, 5) is 17.2. The number of hydrogen-bond donors (Lipinski definition) is 0. The summed E-state index contributed by atoms with van der Waals surface area (Å²) in [5.74, 6) is 0.111. The first kappa shape index (κ1) is 15.9. The molecule has 0 saturated carbocycles. The van der Waals surface area contributed by atoms with Crippen molar-refractivity contribution in [1.82, 2.24) is 18.5 Å². The first-order valence-corrected chi connectivity index (χ1v) is 9.26. The Kier molecular flexibility index (Phi) is 4.47. The second-order valence-electron chi connectivity index (χ2n) is 6.63. The Balaban J connectivity index is 1.37. The predicted octanol–water partition coefficient (Wildman–Crippen LogP) is 2.02. The van der Waals surface area contributed by atoms with E-state index in [0.29, 0.717) is 17.7 Å². The molecule has 0 N–H and O–H groups in total. The molecule has 1 aromatic heterocycles. The number of benzene rings is 1. The Labute approximate surface area is 145 Å². The first-order chi connectivity index (χ1) is 11.7. The number of likely N-dealkylation sites (tertiary alicyclic amines) is 2. The van der Waals surface area contributed by atoms with Crippen molar-refractivity contribution in [2.45, 2.75) is 31.4 Å². The third-order valence-electron chi connectivity index (χ3n) is 5.28. The minimum Gasteiger partial charge on any atom is -0.380 e. The van der Waals surface area contributed by atoms with Gasteiger partial charge in [0.05, 0.1) is 17.8 Å². The lowest BCUT2D eigenvalue weighted by Crippen LogP contribution is -2.46. The van der Waals surface area contributed by atoms with E-state index in [1.165, 1.54) is 11.7 Å². The second-order valence-corrected chi connectivity index (χ2v) is 7.16. The zero-order valence-corrected chi connectivity index (χ0v) is 14.7. The molecular weight excluding hydrogens is 324 g/mol. The standard InChI is InChI=1S/C17H22N4O2S/c1-23-14-6-9-21(11-14)13-4-7-20(8-5-13)17(22)12-2-3-15-16(10-12)19-24-18-15/h2-3,10,13-14H,4-9,11H2,1H3/t14-/m1/s1. The third-order valence-corrected chi connectivity index (χ3v) is 5.84. The molecule has 2 saturated heterocycles. The highest BCUT2D eigenvalue weighted by Gasteiger charge is 2.32. The first-order valence-electron chi connectivity index (χ1n) is 8.53. The van der Waals surface area contributed by atoms with Crippen LogP contribution in [-0.4, -0.2) is 69.9 Å². The number of aromatic nitrogens is 2. The summed E-state index contributed by atoms with van der Waals surface area (Å²) in [6, 6.07) is 6.19. The maximum atomic E-state index is 12.7. The van der Waals surface area contributed by atoms with Gasteiger partial charge in [-0.3, -0.25) is 9.69 Å². The zero-order chi connectivity index (χ0) is 16.5. The predicted molar refractivity (Wildman–Crippen MR) is 93.3 cm³/mol. The molecule has 1 aromatic carbocycles. The van der Waals surface area contributed by atoms with Crippen LogP contribution in [0.4, 0.5) is 0 Å². The second kappa shape index (κ2) is 6.74. The van der Waals surface area contributed by atoms with Gasteiger partial charge in [0.15, 0.2) is 0 Å². The molecule has 4 rings (SSSR count). The number of hydrogen-bond acceptors (Lipinski definition) is 6. The highest BCUT2D eigenvalue weighted by Crippen LogP contribution is 2.24. The molecule has 0 spiro atoms. The number of piperidine rings is 1. The van der Waals surface area contributed by atoms with Crippen molar-refractivity contribution in [2.75, 3.05) is 33.3 Å². The van der Waals surface area contributed by atoms with Gasteiger partial charge in [0.25, 0.3) is 5.91 Å². The number of nitrogens with zero attached hydrogens (tertiary/aromatic N) is 4. The maximum Gasteiger partial charge on any atom is 0.253 e. The van der Waals surface area contributed by atoms with Crippen molar-refractivity contribution in [3.63, 3.8) is 0 Å². The average Bonchev–Trinajstić information content (AvgIpc) is 3.29. The van der Waals surface area contributed by atoms with E-state index < -0.39 is 0 Å². The van der Waals surface area contributed by atoms with Gasteiger partial charge in [-0.15, -0.1) is 0 Å². The third kappa shape index (κ3) is 3.03. The summed E-state index contributed by atoms with van der Waals surface area (Å²) in [7, 11) is 1.80. The van der Waals surface area contributed by atoms with Crippen molar-refractivity contribution < 1.29 is 9.53 Å². The van der Waals surface area contributed by atoms with E-state index in [9.17, 15) is 4.79 Å². The van der Waals surface area contributed by atoms with Crippen LogP contribution in [0.15, 0.2) is 18.2 Å². The van der Waals surface area contributed by atoms with Crippen LogP contribution < -0.4 is 0 Å². The lowest BCUT2D eigenvalue weighted by molar-refractivity contribution is 0.0603. The molecule has 2 aliphatic heterocycles. The smallest absolute Gasteiger partial charge is 0.253 e. The van der Waals surface area contributed by atoms with Crippen LogP contribution in [0.1, 0.15) is 29.6 Å². The van der Waals surface area contributed by atoms with Crippen molar-refractivity contribution in [3.05, 3.63) is 23.8 Å². The van der Waals surface area contributed by atoms with Crippen molar-refractivity contribution in [2.24, 2.45) is 0 Å². The van der Waals surface area contributed by atoms with Crippen LogP contribution in [0.2, 0.25) is 0 Å². The fraction of sp³-hybridized carbons (Fsp3) is 0.588. The van der Waals surface area contributed by atoms with Gasteiger partial charge in [0, 0.05) is 44.9 Å². The van der Waals surface area contributed by atoms with Gasteiger partial charge in [-0.2, -0.15) is 8.75 Å². The molecular formula is C17H22N4O2S. The van der Waals surface area contributed by atoms with Gasteiger partial charge < -0.3 is 9.64 Å². The van der Waals surface area contributed by atoms with Crippen LogP contribution >= 0.6 is 11.7 Å². The Morgan fingerprint density at radius 1 is 1.17 bits per heavy atom. The summed E-state index contributed by atoms with van der Waals surface area (Å²) >= 11 is 1.18. The molecule has 0 radical (unpaired) electrons. The molecule has 1 atom stereocenters. The van der Waals surface area contributed by atoms with Crippen molar-refractivity contribution in [1.29, 1.82) is 0 Å². The van der Waals surface area contributed by atoms with E-state index in [1.54, 1.807) is 7.11 Å². The van der Waals surface area contributed by atoms with Crippen LogP contribution in [0, 0.1) is 0 Å². The molecule has 0 bridgehead atoms. The Morgan fingerprint density at radius 3 is 2.71 bits per heavy atom. The topological polar surface area (TPSA) is 58.6 Å². The molecule has 2 fully saturated rings. The molecule has 3 heterocycles. The Hall–Kier alpha value is -1.57. The minimum atomic E-state index is 0.111. The molecule has 24 heavy (non-hydrogen) atoms. The SMILES string of the molecule is CO[C@@H]1CCN(C2CCN(C(=O)c3ccc4nsnc4c3)CC2)C1. The van der Waals surface area contributed by atoms with E-state index >= 15 is 0 Å². The Bertz CT molecular complexity index is 726. The van der Waals surface area contributed by atoms with Gasteiger partial charge >= 0.3 is 0 Å². The number of ether oxygens (including phenoxy) is 1. The molecule has 0 unspecified atom stereocenters. The summed E-state index contributed by atoms with van der Waals surface area (Å²) in [5, 5.41) is 0. The van der Waals surface area contributed by atoms with Gasteiger partial charge in [-0.25, -0.2) is 0 Å². The van der Waals surface area contributed by atoms with Gasteiger partial charge in [-0.05, 0) is 37.5 Å². The van der Waals surface area contributed by atoms with Crippen molar-refractivity contribution in [3.8, 4) is 0 Å². The lowest BCUT2D eigenvalue weighted by atomic mass is 10.0. The summed E-state index contributed by atoms with van der Waals surface area (Å²) in [5.41, 5.74) is 2.38. The number of amides is 1. The van der Waals surface area contributed by atoms with Crippen LogP contribution in [-0.2, 0) is 4.74 Å². The van der Waals surface area contributed by atoms with Crippen molar-refractivity contribution >= 4 is 28.7 Å². The summed E-state index contributed by atoms with van der Waals surface area (Å²) in [6.45, 7) is 3.79. The fourth-order valence-corrected chi connectivity index (χ4v) is 4.33. The monoisotopic (exact) mass is 346 g/mol. The van der Waals surface area contributed by atoms with Gasteiger partial charge in [0.2, 0.25) is 0 Å². The normalized spacial score (nSPS) is 23.2. The number of carbonyl (C=O) groups excluding carboxylic acids is 1. The molecule has 128 valence electrons. The van der Waals surface area contributed by atoms with E-state index in [4.69, 9.17) is 4.74 Å². The van der Waals surface area contributed by atoms with Gasteiger partial charge in [-0.1, -0.05) is 0 Å². The largest absolute Gasteiger partial charge is 0.380 e. The molecule has 2 aromatic rings.